The lowest BCUT2D eigenvalue weighted by Gasteiger charge is -2.37. The number of fused-ring (bicyclic) bond motifs is 1. The second-order valence-corrected chi connectivity index (χ2v) is 9.68. The molecule has 2 aromatic rings. The average molecular weight is 508 g/mol. The summed E-state index contributed by atoms with van der Waals surface area (Å²) in [6.45, 7) is 1.37. The van der Waals surface area contributed by atoms with E-state index in [9.17, 15) is 26.4 Å². The Morgan fingerprint density at radius 2 is 2.00 bits per heavy atom. The van der Waals surface area contributed by atoms with Gasteiger partial charge in [0.1, 0.15) is 11.9 Å². The third kappa shape index (κ3) is 4.56. The van der Waals surface area contributed by atoms with Crippen molar-refractivity contribution >= 4 is 37.6 Å². The molecule has 162 valence electrons. The molecular weight excluding hydrogens is 491 g/mol. The van der Waals surface area contributed by atoms with E-state index in [-0.39, 0.29) is 24.4 Å². The summed E-state index contributed by atoms with van der Waals surface area (Å²) in [5, 5.41) is 9.06. The molecule has 0 radical (unpaired) electrons. The van der Waals surface area contributed by atoms with Gasteiger partial charge in [-0.1, -0.05) is 28.9 Å². The van der Waals surface area contributed by atoms with Crippen LogP contribution < -0.4 is 9.04 Å². The van der Waals surface area contributed by atoms with E-state index in [0.29, 0.717) is 10.5 Å². The summed E-state index contributed by atoms with van der Waals surface area (Å²) >= 11 is 3.25. The van der Waals surface area contributed by atoms with Gasteiger partial charge in [-0.15, -0.1) is 0 Å². The van der Waals surface area contributed by atoms with Crippen molar-refractivity contribution in [2.75, 3.05) is 10.8 Å². The van der Waals surface area contributed by atoms with Gasteiger partial charge in [0, 0.05) is 10.4 Å². The van der Waals surface area contributed by atoms with E-state index in [1.165, 1.54) is 12.1 Å². The van der Waals surface area contributed by atoms with E-state index in [4.69, 9.17) is 9.84 Å². The molecule has 11 heteroatoms. The van der Waals surface area contributed by atoms with E-state index >= 15 is 0 Å². The number of benzene rings is 2. The van der Waals surface area contributed by atoms with Crippen LogP contribution >= 0.6 is 15.9 Å². The minimum Gasteiger partial charge on any atom is -0.486 e. The number of alkyl halides is 3. The van der Waals surface area contributed by atoms with Crippen LogP contribution in [0.25, 0.3) is 0 Å². The van der Waals surface area contributed by atoms with Crippen molar-refractivity contribution < 1.29 is 36.2 Å². The van der Waals surface area contributed by atoms with Crippen molar-refractivity contribution in [2.45, 2.75) is 30.5 Å². The molecular formula is C19H17BrF3NO5S. The Labute approximate surface area is 179 Å². The van der Waals surface area contributed by atoms with Crippen LogP contribution in [0.5, 0.6) is 5.75 Å². The number of carboxylic acids is 1. The molecule has 2 aromatic carbocycles. The average Bonchev–Trinajstić information content (AvgIpc) is 2.66. The highest BCUT2D eigenvalue weighted by Gasteiger charge is 2.38. The summed E-state index contributed by atoms with van der Waals surface area (Å²) in [5.74, 6) is -1.42. The summed E-state index contributed by atoms with van der Waals surface area (Å²) in [6, 6.07) is 8.12. The van der Waals surface area contributed by atoms with Crippen molar-refractivity contribution in [3.05, 3.63) is 52.5 Å². The van der Waals surface area contributed by atoms with Gasteiger partial charge in [0.25, 0.3) is 10.0 Å². The molecule has 2 atom stereocenters. The van der Waals surface area contributed by atoms with Crippen LogP contribution in [0.4, 0.5) is 18.9 Å². The van der Waals surface area contributed by atoms with E-state index in [1.54, 1.807) is 13.0 Å². The first-order valence-corrected chi connectivity index (χ1v) is 11.0. The molecule has 0 saturated carbocycles. The third-order valence-corrected chi connectivity index (χ3v) is 6.96. The Morgan fingerprint density at radius 3 is 2.63 bits per heavy atom. The van der Waals surface area contributed by atoms with Crippen LogP contribution in [0.2, 0.25) is 0 Å². The van der Waals surface area contributed by atoms with Crippen molar-refractivity contribution in [3.8, 4) is 5.75 Å². The molecule has 0 aliphatic carbocycles. The minimum absolute atomic E-state index is 0.153. The molecule has 1 aliphatic heterocycles. The number of anilines is 1. The lowest BCUT2D eigenvalue weighted by Crippen LogP contribution is -2.46. The third-order valence-electron chi connectivity index (χ3n) is 4.69. The number of sulfonamides is 1. The lowest BCUT2D eigenvalue weighted by atomic mass is 9.99. The number of nitrogens with zero attached hydrogens (tertiary/aromatic N) is 1. The number of hydrogen-bond donors (Lipinski definition) is 1. The number of carbonyl (C=O) groups is 1. The van der Waals surface area contributed by atoms with Crippen molar-refractivity contribution in [2.24, 2.45) is 5.92 Å². The molecule has 0 fully saturated rings. The first-order chi connectivity index (χ1) is 13.9. The molecule has 6 nitrogen and oxygen atoms in total. The Bertz CT molecular complexity index is 1070. The van der Waals surface area contributed by atoms with Gasteiger partial charge in [-0.05, 0) is 36.4 Å². The van der Waals surface area contributed by atoms with Gasteiger partial charge in [0.15, 0.2) is 0 Å². The first kappa shape index (κ1) is 22.4. The molecule has 0 saturated heterocycles. The zero-order chi connectivity index (χ0) is 22.3. The maximum atomic E-state index is 13.3. The molecule has 1 heterocycles. The van der Waals surface area contributed by atoms with Gasteiger partial charge in [0.05, 0.1) is 29.1 Å². The molecule has 30 heavy (non-hydrogen) atoms. The summed E-state index contributed by atoms with van der Waals surface area (Å²) in [7, 11) is -4.38. The maximum Gasteiger partial charge on any atom is 0.416 e. The van der Waals surface area contributed by atoms with E-state index in [2.05, 4.69) is 15.9 Å². The predicted octanol–water partition coefficient (Wildman–Crippen LogP) is 4.54. The zero-order valence-corrected chi connectivity index (χ0v) is 18.0. The fraction of sp³-hybridized carbons (Fsp3) is 0.316. The summed E-state index contributed by atoms with van der Waals surface area (Å²) < 4.78 is 73.2. The van der Waals surface area contributed by atoms with Gasteiger partial charge in [-0.25, -0.2) is 8.42 Å². The number of ether oxygens (including phenoxy) is 1. The topological polar surface area (TPSA) is 83.9 Å². The van der Waals surface area contributed by atoms with Crippen molar-refractivity contribution in [1.82, 2.24) is 0 Å². The quantitative estimate of drug-likeness (QED) is 0.642. The van der Waals surface area contributed by atoms with Crippen LogP contribution in [0.3, 0.4) is 0 Å². The van der Waals surface area contributed by atoms with Gasteiger partial charge in [0.2, 0.25) is 0 Å². The number of carboxylic acid groups (broad SMARTS) is 1. The predicted molar refractivity (Wildman–Crippen MR) is 106 cm³/mol. The molecule has 3 rings (SSSR count). The minimum atomic E-state index is -4.70. The molecule has 1 N–H and O–H groups in total. The highest BCUT2D eigenvalue weighted by Crippen LogP contribution is 2.41. The van der Waals surface area contributed by atoms with Gasteiger partial charge >= 0.3 is 12.1 Å². The van der Waals surface area contributed by atoms with E-state index in [0.717, 1.165) is 22.5 Å². The SMILES string of the molecule is CC(CC(=O)O)C1CN(S(=O)(=O)c2cccc(C(F)(F)F)c2)c2cc(Br)ccc2O1. The van der Waals surface area contributed by atoms with E-state index < -0.39 is 44.6 Å². The molecule has 0 aromatic heterocycles. The van der Waals surface area contributed by atoms with Crippen LogP contribution in [-0.4, -0.2) is 32.1 Å². The zero-order valence-electron chi connectivity index (χ0n) is 15.6. The molecule has 0 bridgehead atoms. The Balaban J connectivity index is 2.08. The Hall–Kier alpha value is -2.27. The van der Waals surface area contributed by atoms with Crippen molar-refractivity contribution in [3.63, 3.8) is 0 Å². The Morgan fingerprint density at radius 1 is 1.30 bits per heavy atom. The van der Waals surface area contributed by atoms with Gasteiger partial charge in [-0.2, -0.15) is 13.2 Å². The fourth-order valence-corrected chi connectivity index (χ4v) is 5.01. The standard InChI is InChI=1S/C19H17BrF3NO5S/c1-11(7-18(25)26)17-10-24(15-9-13(20)5-6-16(15)29-17)30(27,28)14-4-2-3-12(8-14)19(21,22)23/h2-6,8-9,11,17H,7,10H2,1H3,(H,25,26). The largest absolute Gasteiger partial charge is 0.486 e. The summed E-state index contributed by atoms with van der Waals surface area (Å²) in [6.07, 6.45) is -5.75. The number of aliphatic carboxylic acids is 1. The van der Waals surface area contributed by atoms with Crippen LogP contribution in [-0.2, 0) is 21.0 Å². The first-order valence-electron chi connectivity index (χ1n) is 8.77. The maximum absolute atomic E-state index is 13.3. The highest BCUT2D eigenvalue weighted by atomic mass is 79.9. The Kier molecular flexibility index (Phi) is 6.06. The smallest absolute Gasteiger partial charge is 0.416 e. The van der Waals surface area contributed by atoms with Crippen LogP contribution in [0, 0.1) is 5.92 Å². The number of hydrogen-bond acceptors (Lipinski definition) is 4. The van der Waals surface area contributed by atoms with Crippen LogP contribution in [0.15, 0.2) is 51.8 Å². The second kappa shape index (κ2) is 8.10. The van der Waals surface area contributed by atoms with Crippen molar-refractivity contribution in [1.29, 1.82) is 0 Å². The molecule has 1 aliphatic rings. The summed E-state index contributed by atoms with van der Waals surface area (Å²) in [4.78, 5) is 10.6. The fourth-order valence-electron chi connectivity index (χ4n) is 3.14. The molecule has 0 amide bonds. The second-order valence-electron chi connectivity index (χ2n) is 6.91. The van der Waals surface area contributed by atoms with Gasteiger partial charge < -0.3 is 9.84 Å². The number of halogens is 4. The van der Waals surface area contributed by atoms with E-state index in [1.807, 2.05) is 0 Å². The van der Waals surface area contributed by atoms with Gasteiger partial charge in [-0.3, -0.25) is 9.10 Å². The molecule has 0 spiro atoms. The number of rotatable bonds is 5. The monoisotopic (exact) mass is 507 g/mol. The van der Waals surface area contributed by atoms with Crippen LogP contribution in [0.1, 0.15) is 18.9 Å². The normalized spacial score (nSPS) is 17.8. The summed E-state index contributed by atoms with van der Waals surface area (Å²) in [5.41, 5.74) is -0.928. The lowest BCUT2D eigenvalue weighted by molar-refractivity contribution is -0.139. The molecule has 2 unspecified atom stereocenters. The highest BCUT2D eigenvalue weighted by molar-refractivity contribution is 9.10.